The number of halogens is 3. The van der Waals surface area contributed by atoms with E-state index in [1.54, 1.807) is 0 Å². The fourth-order valence-corrected chi connectivity index (χ4v) is 1.43. The van der Waals surface area contributed by atoms with Gasteiger partial charge in [-0.1, -0.05) is 0 Å². The molecule has 0 saturated heterocycles. The molecule has 1 N–H and O–H groups in total. The fourth-order valence-electron chi connectivity index (χ4n) is 1.28. The van der Waals surface area contributed by atoms with Crippen molar-refractivity contribution in [1.82, 2.24) is 4.98 Å². The van der Waals surface area contributed by atoms with Crippen LogP contribution in [0.1, 0.15) is 35.1 Å². The lowest BCUT2D eigenvalue weighted by molar-refractivity contribution is 0.0511. The van der Waals surface area contributed by atoms with Crippen molar-refractivity contribution in [3.05, 3.63) is 33.2 Å². The van der Waals surface area contributed by atoms with E-state index < -0.39 is 29.1 Å². The maximum Gasteiger partial charge on any atom is 0.344 e. The van der Waals surface area contributed by atoms with Crippen LogP contribution in [0.3, 0.4) is 0 Å². The highest BCUT2D eigenvalue weighted by Crippen LogP contribution is 2.20. The van der Waals surface area contributed by atoms with E-state index in [2.05, 4.69) is 9.72 Å². The molecule has 0 fully saturated rings. The van der Waals surface area contributed by atoms with E-state index in [0.717, 1.165) is 6.07 Å². The van der Waals surface area contributed by atoms with Gasteiger partial charge in [0.2, 0.25) is 0 Å². The summed E-state index contributed by atoms with van der Waals surface area (Å²) in [5, 5.41) is 0. The Balaban J connectivity index is 3.37. The van der Waals surface area contributed by atoms with Crippen molar-refractivity contribution in [1.29, 1.82) is 0 Å². The highest BCUT2D eigenvalue weighted by molar-refractivity contribution is 6.16. The number of ether oxygens (including phenoxy) is 1. The third-order valence-corrected chi connectivity index (χ3v) is 2.25. The largest absolute Gasteiger partial charge is 0.462 e. The molecule has 1 heterocycles. The molecule has 0 unspecified atom stereocenters. The van der Waals surface area contributed by atoms with Crippen LogP contribution in [-0.4, -0.2) is 17.6 Å². The molecule has 0 aliphatic heterocycles. The minimum atomic E-state index is -2.98. The second kappa shape index (κ2) is 5.77. The topological polar surface area (TPSA) is 59.2 Å². The smallest absolute Gasteiger partial charge is 0.344 e. The minimum Gasteiger partial charge on any atom is -0.462 e. The van der Waals surface area contributed by atoms with Gasteiger partial charge < -0.3 is 9.72 Å². The zero-order valence-corrected chi connectivity index (χ0v) is 9.68. The highest BCUT2D eigenvalue weighted by Gasteiger charge is 2.24. The van der Waals surface area contributed by atoms with Crippen LogP contribution in [-0.2, 0) is 10.6 Å². The van der Waals surface area contributed by atoms with Crippen molar-refractivity contribution < 1.29 is 18.3 Å². The van der Waals surface area contributed by atoms with E-state index in [9.17, 15) is 18.4 Å². The van der Waals surface area contributed by atoms with E-state index in [1.165, 1.54) is 6.92 Å². The number of carbonyl (C=O) groups excluding carboxylic acids is 1. The van der Waals surface area contributed by atoms with Gasteiger partial charge >= 0.3 is 5.97 Å². The molecule has 0 aromatic carbocycles. The second-order valence-corrected chi connectivity index (χ2v) is 3.37. The Bertz CT molecular complexity index is 473. The first-order chi connectivity index (χ1) is 8.01. The molecule has 0 bridgehead atoms. The zero-order chi connectivity index (χ0) is 13.0. The molecule has 1 aromatic rings. The number of aromatic nitrogens is 1. The van der Waals surface area contributed by atoms with Crippen molar-refractivity contribution >= 4 is 17.6 Å². The molecular weight excluding hydrogens is 256 g/mol. The number of aromatic amines is 1. The summed E-state index contributed by atoms with van der Waals surface area (Å²) < 4.78 is 30.0. The summed E-state index contributed by atoms with van der Waals surface area (Å²) in [5.74, 6) is -1.19. The van der Waals surface area contributed by atoms with Crippen LogP contribution in [0, 0.1) is 0 Å². The Kier molecular flexibility index (Phi) is 4.62. The number of carbonyl (C=O) groups is 1. The Hall–Kier alpha value is -1.43. The second-order valence-electron chi connectivity index (χ2n) is 3.10. The average molecular weight is 266 g/mol. The normalized spacial score (nSPS) is 10.6. The first-order valence-corrected chi connectivity index (χ1v) is 5.32. The maximum absolute atomic E-state index is 12.7. The van der Waals surface area contributed by atoms with Gasteiger partial charge in [-0.25, -0.2) is 13.6 Å². The quantitative estimate of drug-likeness (QED) is 0.671. The number of nitrogens with one attached hydrogen (secondary N) is 1. The molecule has 4 nitrogen and oxygen atoms in total. The van der Waals surface area contributed by atoms with Gasteiger partial charge in [-0.15, -0.1) is 11.6 Å². The minimum absolute atomic E-state index is 0.00178. The number of alkyl halides is 3. The van der Waals surface area contributed by atoms with Crippen LogP contribution in [0.15, 0.2) is 10.9 Å². The van der Waals surface area contributed by atoms with Crippen LogP contribution in [0.4, 0.5) is 8.78 Å². The Morgan fingerprint density at radius 2 is 2.24 bits per heavy atom. The van der Waals surface area contributed by atoms with Crippen molar-refractivity contribution in [2.45, 2.75) is 19.2 Å². The Labute approximate surface area is 101 Å². The number of H-pyrrole nitrogens is 1. The summed E-state index contributed by atoms with van der Waals surface area (Å²) in [6.07, 6.45) is -2.98. The standard InChI is InChI=1S/C10H10ClF2NO3/c1-2-17-10(16)7-6(15)3-5(4-11)14-8(7)9(12)13/h3,9H,2,4H2,1H3,(H,14,15). The van der Waals surface area contributed by atoms with Crippen LogP contribution < -0.4 is 5.43 Å². The Morgan fingerprint density at radius 1 is 1.59 bits per heavy atom. The van der Waals surface area contributed by atoms with Crippen LogP contribution in [0.25, 0.3) is 0 Å². The van der Waals surface area contributed by atoms with Gasteiger partial charge in [-0.3, -0.25) is 4.79 Å². The molecule has 17 heavy (non-hydrogen) atoms. The molecule has 0 amide bonds. The van der Waals surface area contributed by atoms with E-state index >= 15 is 0 Å². The van der Waals surface area contributed by atoms with Gasteiger partial charge in [0.05, 0.1) is 12.5 Å². The number of hydrogen-bond donors (Lipinski definition) is 1. The fraction of sp³-hybridized carbons (Fsp3) is 0.400. The van der Waals surface area contributed by atoms with Gasteiger partial charge in [0.15, 0.2) is 5.43 Å². The van der Waals surface area contributed by atoms with Crippen LogP contribution in [0.2, 0.25) is 0 Å². The van der Waals surface area contributed by atoms with Gasteiger partial charge in [0.25, 0.3) is 6.43 Å². The van der Waals surface area contributed by atoms with Gasteiger partial charge in [0.1, 0.15) is 11.3 Å². The van der Waals surface area contributed by atoms with Crippen molar-refractivity contribution in [3.63, 3.8) is 0 Å². The molecule has 0 radical (unpaired) electrons. The number of esters is 1. The Morgan fingerprint density at radius 3 is 2.71 bits per heavy atom. The summed E-state index contributed by atoms with van der Waals surface area (Å²) in [7, 11) is 0. The molecule has 1 aromatic heterocycles. The summed E-state index contributed by atoms with van der Waals surface area (Å²) >= 11 is 5.44. The summed E-state index contributed by atoms with van der Waals surface area (Å²) in [6, 6.07) is 1.01. The molecule has 0 atom stereocenters. The van der Waals surface area contributed by atoms with Crippen molar-refractivity contribution in [2.75, 3.05) is 6.61 Å². The van der Waals surface area contributed by atoms with Gasteiger partial charge in [0, 0.05) is 11.8 Å². The molecule has 0 saturated carbocycles. The SMILES string of the molecule is CCOC(=O)c1c(C(F)F)[nH]c(CCl)cc1=O. The highest BCUT2D eigenvalue weighted by atomic mass is 35.5. The average Bonchev–Trinajstić information content (AvgIpc) is 2.27. The molecule has 7 heteroatoms. The monoisotopic (exact) mass is 265 g/mol. The van der Waals surface area contributed by atoms with Crippen molar-refractivity contribution in [2.24, 2.45) is 0 Å². The number of hydrogen-bond acceptors (Lipinski definition) is 3. The third kappa shape index (κ3) is 3.03. The van der Waals surface area contributed by atoms with Crippen molar-refractivity contribution in [3.8, 4) is 0 Å². The van der Waals surface area contributed by atoms with Crippen LogP contribution >= 0.6 is 11.6 Å². The number of rotatable bonds is 4. The zero-order valence-electron chi connectivity index (χ0n) is 8.93. The van der Waals surface area contributed by atoms with E-state index in [0.29, 0.717) is 0 Å². The van der Waals surface area contributed by atoms with E-state index in [4.69, 9.17) is 11.6 Å². The lowest BCUT2D eigenvalue weighted by Crippen LogP contribution is -2.22. The molecule has 0 spiro atoms. The van der Waals surface area contributed by atoms with E-state index in [1.807, 2.05) is 0 Å². The summed E-state index contributed by atoms with van der Waals surface area (Å²) in [5.41, 5.74) is -2.13. The maximum atomic E-state index is 12.7. The summed E-state index contributed by atoms with van der Waals surface area (Å²) in [4.78, 5) is 25.2. The molecular formula is C10H10ClF2NO3. The molecule has 94 valence electrons. The molecule has 1 rings (SSSR count). The molecule has 0 aliphatic rings. The lowest BCUT2D eigenvalue weighted by atomic mass is 10.1. The number of pyridine rings is 1. The van der Waals surface area contributed by atoms with E-state index in [-0.39, 0.29) is 18.2 Å². The third-order valence-electron chi connectivity index (χ3n) is 1.96. The van der Waals surface area contributed by atoms with Crippen LogP contribution in [0.5, 0.6) is 0 Å². The van der Waals surface area contributed by atoms with Gasteiger partial charge in [-0.05, 0) is 6.92 Å². The predicted octanol–water partition coefficient (Wildman–Crippen LogP) is 2.23. The molecule has 0 aliphatic carbocycles. The lowest BCUT2D eigenvalue weighted by Gasteiger charge is -2.09. The first kappa shape index (κ1) is 13.6. The summed E-state index contributed by atoms with van der Waals surface area (Å²) in [6.45, 7) is 1.51. The predicted molar refractivity (Wildman–Crippen MR) is 57.5 cm³/mol. The first-order valence-electron chi connectivity index (χ1n) is 4.78. The van der Waals surface area contributed by atoms with Gasteiger partial charge in [-0.2, -0.15) is 0 Å².